The number of hydrogen-bond donors (Lipinski definition) is 3. The molecule has 0 radical (unpaired) electrons. The van der Waals surface area contributed by atoms with Crippen molar-refractivity contribution in [2.45, 2.75) is 32.1 Å². The van der Waals surface area contributed by atoms with Crippen LogP contribution in [0, 0.1) is 5.41 Å². The number of nitrogens with one attached hydrogen (secondary N) is 2. The zero-order chi connectivity index (χ0) is 15.6. The first kappa shape index (κ1) is 14.5. The van der Waals surface area contributed by atoms with Gasteiger partial charge in [-0.1, -0.05) is 19.3 Å². The molecule has 0 bridgehead atoms. The highest BCUT2D eigenvalue weighted by molar-refractivity contribution is 5.97. The van der Waals surface area contributed by atoms with E-state index in [1.165, 1.54) is 0 Å². The molecule has 22 heavy (non-hydrogen) atoms. The number of amides is 1. The predicted octanol–water partition coefficient (Wildman–Crippen LogP) is 1.72. The highest BCUT2D eigenvalue weighted by atomic mass is 16.4. The van der Waals surface area contributed by atoms with E-state index < -0.39 is 11.4 Å². The second-order valence-electron chi connectivity index (χ2n) is 5.86. The predicted molar refractivity (Wildman–Crippen MR) is 79.4 cm³/mol. The van der Waals surface area contributed by atoms with Crippen molar-refractivity contribution in [1.82, 2.24) is 20.7 Å². The second-order valence-corrected chi connectivity index (χ2v) is 5.86. The van der Waals surface area contributed by atoms with Crippen LogP contribution in [0.1, 0.15) is 42.5 Å². The average molecular weight is 302 g/mol. The van der Waals surface area contributed by atoms with E-state index in [0.717, 1.165) is 19.3 Å². The first-order valence-electron chi connectivity index (χ1n) is 7.43. The lowest BCUT2D eigenvalue weighted by Crippen LogP contribution is -2.44. The summed E-state index contributed by atoms with van der Waals surface area (Å²) in [5.41, 5.74) is 0.924. The van der Waals surface area contributed by atoms with Crippen molar-refractivity contribution in [3.63, 3.8) is 0 Å². The molecule has 1 heterocycles. The molecule has 0 aliphatic heterocycles. The first-order chi connectivity index (χ1) is 10.6. The molecule has 0 saturated heterocycles. The number of rotatable bonds is 4. The van der Waals surface area contributed by atoms with Gasteiger partial charge in [0.15, 0.2) is 0 Å². The summed E-state index contributed by atoms with van der Waals surface area (Å²) in [6.45, 7) is 0.165. The van der Waals surface area contributed by atoms with Gasteiger partial charge < -0.3 is 10.4 Å². The summed E-state index contributed by atoms with van der Waals surface area (Å²) in [5, 5.41) is 22.7. The lowest BCUT2D eigenvalue weighted by molar-refractivity contribution is -0.150. The Kier molecular flexibility index (Phi) is 3.79. The Balaban J connectivity index is 1.71. The van der Waals surface area contributed by atoms with Gasteiger partial charge in [0.25, 0.3) is 5.91 Å². The van der Waals surface area contributed by atoms with Crippen molar-refractivity contribution in [1.29, 1.82) is 0 Å². The fourth-order valence-corrected chi connectivity index (χ4v) is 3.03. The number of aromatic amines is 1. The molecule has 1 aromatic heterocycles. The summed E-state index contributed by atoms with van der Waals surface area (Å²) < 4.78 is 0. The van der Waals surface area contributed by atoms with Gasteiger partial charge in [0, 0.05) is 12.1 Å². The van der Waals surface area contributed by atoms with Gasteiger partial charge in [-0.15, -0.1) is 0 Å². The fourth-order valence-electron chi connectivity index (χ4n) is 3.03. The van der Waals surface area contributed by atoms with Crippen LogP contribution in [0.2, 0.25) is 0 Å². The van der Waals surface area contributed by atoms with Gasteiger partial charge in [-0.2, -0.15) is 15.4 Å². The normalized spacial score (nSPS) is 17.3. The molecule has 0 atom stereocenters. The Hall–Kier alpha value is -2.44. The maximum Gasteiger partial charge on any atom is 0.311 e. The molecule has 1 amide bonds. The molecule has 1 fully saturated rings. The van der Waals surface area contributed by atoms with E-state index in [2.05, 4.69) is 20.7 Å². The lowest BCUT2D eigenvalue weighted by Gasteiger charge is -2.33. The topological polar surface area (TPSA) is 108 Å². The Bertz CT molecular complexity index is 704. The van der Waals surface area contributed by atoms with Gasteiger partial charge in [0.05, 0.1) is 5.41 Å². The van der Waals surface area contributed by atoms with Crippen molar-refractivity contribution in [3.05, 3.63) is 23.8 Å². The summed E-state index contributed by atoms with van der Waals surface area (Å²) >= 11 is 0. The third-order valence-electron chi connectivity index (χ3n) is 4.43. The van der Waals surface area contributed by atoms with E-state index in [-0.39, 0.29) is 12.5 Å². The SMILES string of the molecule is O=C(NCC1(C(=O)O)CCCCC1)c1ccc2n[nH]nc2c1. The molecule has 1 saturated carbocycles. The molecule has 3 rings (SSSR count). The van der Waals surface area contributed by atoms with Crippen molar-refractivity contribution in [3.8, 4) is 0 Å². The number of carboxylic acids is 1. The van der Waals surface area contributed by atoms with Gasteiger partial charge in [-0.05, 0) is 31.0 Å². The van der Waals surface area contributed by atoms with Crippen LogP contribution in [0.25, 0.3) is 11.0 Å². The van der Waals surface area contributed by atoms with Crippen LogP contribution >= 0.6 is 0 Å². The smallest absolute Gasteiger partial charge is 0.311 e. The van der Waals surface area contributed by atoms with Gasteiger partial charge in [0.1, 0.15) is 11.0 Å². The Labute approximate surface area is 127 Å². The third kappa shape index (κ3) is 2.66. The van der Waals surface area contributed by atoms with Crippen molar-refractivity contribution in [2.24, 2.45) is 5.41 Å². The zero-order valence-corrected chi connectivity index (χ0v) is 12.1. The van der Waals surface area contributed by atoms with E-state index in [1.807, 2.05) is 0 Å². The minimum Gasteiger partial charge on any atom is -0.481 e. The molecule has 1 aliphatic carbocycles. The lowest BCUT2D eigenvalue weighted by atomic mass is 9.74. The molecular weight excluding hydrogens is 284 g/mol. The summed E-state index contributed by atoms with van der Waals surface area (Å²) in [6.07, 6.45) is 4.09. The molecule has 2 aromatic rings. The van der Waals surface area contributed by atoms with Gasteiger partial charge in [0.2, 0.25) is 0 Å². The van der Waals surface area contributed by atoms with E-state index in [0.29, 0.717) is 29.4 Å². The van der Waals surface area contributed by atoms with Crippen LogP contribution in [-0.2, 0) is 4.79 Å². The Morgan fingerprint density at radius 1 is 1.18 bits per heavy atom. The number of H-pyrrole nitrogens is 1. The highest BCUT2D eigenvalue weighted by Gasteiger charge is 2.39. The fraction of sp³-hybridized carbons (Fsp3) is 0.467. The quantitative estimate of drug-likeness (QED) is 0.797. The first-order valence-corrected chi connectivity index (χ1v) is 7.43. The molecule has 7 nitrogen and oxygen atoms in total. The maximum absolute atomic E-state index is 12.3. The summed E-state index contributed by atoms with van der Waals surface area (Å²) in [7, 11) is 0. The Morgan fingerprint density at radius 3 is 2.64 bits per heavy atom. The standard InChI is InChI=1S/C15H18N4O3/c20-13(10-4-5-11-12(8-10)18-19-17-11)16-9-15(14(21)22)6-2-1-3-7-15/h4-5,8H,1-3,6-7,9H2,(H,16,20)(H,21,22)(H,17,18,19). The third-order valence-corrected chi connectivity index (χ3v) is 4.43. The van der Waals surface area contributed by atoms with E-state index in [9.17, 15) is 14.7 Å². The number of nitrogens with zero attached hydrogens (tertiary/aromatic N) is 2. The van der Waals surface area contributed by atoms with Crippen LogP contribution in [0.3, 0.4) is 0 Å². The second kappa shape index (κ2) is 5.75. The van der Waals surface area contributed by atoms with Crippen LogP contribution in [0.4, 0.5) is 0 Å². The number of fused-ring (bicyclic) bond motifs is 1. The highest BCUT2D eigenvalue weighted by Crippen LogP contribution is 2.36. The average Bonchev–Trinajstić information content (AvgIpc) is 3.01. The zero-order valence-electron chi connectivity index (χ0n) is 12.1. The van der Waals surface area contributed by atoms with Crippen molar-refractivity contribution < 1.29 is 14.7 Å². The number of hydrogen-bond acceptors (Lipinski definition) is 4. The molecule has 1 aromatic carbocycles. The van der Waals surface area contributed by atoms with Crippen LogP contribution < -0.4 is 5.32 Å². The number of carboxylic acid groups (broad SMARTS) is 1. The number of carbonyl (C=O) groups is 2. The summed E-state index contributed by atoms with van der Waals surface area (Å²) in [5.74, 6) is -1.10. The monoisotopic (exact) mass is 302 g/mol. The minimum absolute atomic E-state index is 0.165. The molecule has 1 aliphatic rings. The minimum atomic E-state index is -0.827. The van der Waals surface area contributed by atoms with E-state index >= 15 is 0 Å². The van der Waals surface area contributed by atoms with Crippen LogP contribution in [0.15, 0.2) is 18.2 Å². The number of aromatic nitrogens is 3. The van der Waals surface area contributed by atoms with E-state index in [4.69, 9.17) is 0 Å². The Morgan fingerprint density at radius 2 is 1.91 bits per heavy atom. The largest absolute Gasteiger partial charge is 0.481 e. The van der Waals surface area contributed by atoms with Gasteiger partial charge in [-0.25, -0.2) is 0 Å². The van der Waals surface area contributed by atoms with Crippen molar-refractivity contribution in [2.75, 3.05) is 6.54 Å². The molecule has 3 N–H and O–H groups in total. The van der Waals surface area contributed by atoms with Gasteiger partial charge in [-0.3, -0.25) is 9.59 Å². The number of aliphatic carboxylic acids is 1. The van der Waals surface area contributed by atoms with Gasteiger partial charge >= 0.3 is 5.97 Å². The maximum atomic E-state index is 12.3. The molecule has 116 valence electrons. The van der Waals surface area contributed by atoms with Crippen LogP contribution in [-0.4, -0.2) is 38.9 Å². The van der Waals surface area contributed by atoms with Crippen molar-refractivity contribution >= 4 is 22.9 Å². The molecular formula is C15H18N4O3. The molecule has 7 heteroatoms. The van der Waals surface area contributed by atoms with E-state index in [1.54, 1.807) is 18.2 Å². The number of benzene rings is 1. The summed E-state index contributed by atoms with van der Waals surface area (Å²) in [6, 6.07) is 5.01. The molecule has 0 spiro atoms. The summed E-state index contributed by atoms with van der Waals surface area (Å²) in [4.78, 5) is 23.8. The molecule has 0 unspecified atom stereocenters. The van der Waals surface area contributed by atoms with Crippen LogP contribution in [0.5, 0.6) is 0 Å². The number of carbonyl (C=O) groups excluding carboxylic acids is 1.